The van der Waals surface area contributed by atoms with Crippen LogP contribution in [0.15, 0.2) is 84.9 Å². The van der Waals surface area contributed by atoms with Crippen LogP contribution in [0.4, 0.5) is 11.4 Å². The van der Waals surface area contributed by atoms with E-state index in [0.717, 1.165) is 12.2 Å². The van der Waals surface area contributed by atoms with Crippen LogP contribution < -0.4 is 15.4 Å². The topological polar surface area (TPSA) is 122 Å². The number of carbonyl (C=O) groups excluding carboxylic acids is 2. The minimum atomic E-state index is -0.325. The van der Waals surface area contributed by atoms with Crippen LogP contribution in [0.3, 0.4) is 0 Å². The van der Waals surface area contributed by atoms with E-state index in [4.69, 9.17) is 4.74 Å². The van der Waals surface area contributed by atoms with E-state index in [1.807, 2.05) is 36.4 Å². The third kappa shape index (κ3) is 5.96. The fourth-order valence-electron chi connectivity index (χ4n) is 3.85. The molecule has 0 saturated carbocycles. The fraction of sp³-hybridized carbons (Fsp3) is 0.107. The highest BCUT2D eigenvalue weighted by molar-refractivity contribution is 6.06. The maximum Gasteiger partial charge on any atom is 0.255 e. The highest BCUT2D eigenvalue weighted by atomic mass is 16.5. The molecule has 3 N–H and O–H groups in total. The van der Waals surface area contributed by atoms with Crippen molar-refractivity contribution < 1.29 is 14.3 Å². The molecular formula is C28H24N6O3. The SMILES string of the molecule is CC(=O)Nc1cc(C(=O)Nc2ccc(OCCc3ccccc3)cc2)cc(-c2ccc3[nH]nnc3n2)c1. The molecule has 0 spiro atoms. The van der Waals surface area contributed by atoms with Gasteiger partial charge in [-0.05, 0) is 60.2 Å². The molecule has 0 bridgehead atoms. The van der Waals surface area contributed by atoms with Crippen molar-refractivity contribution in [1.82, 2.24) is 20.4 Å². The average Bonchev–Trinajstić information content (AvgIpc) is 3.38. The first-order valence-electron chi connectivity index (χ1n) is 11.7. The fourth-order valence-corrected chi connectivity index (χ4v) is 3.85. The molecule has 5 aromatic rings. The third-order valence-corrected chi connectivity index (χ3v) is 5.62. The lowest BCUT2D eigenvalue weighted by atomic mass is 10.0. The second-order valence-corrected chi connectivity index (χ2v) is 8.42. The number of aromatic amines is 1. The molecule has 9 heteroatoms. The van der Waals surface area contributed by atoms with Crippen molar-refractivity contribution in [3.63, 3.8) is 0 Å². The van der Waals surface area contributed by atoms with Gasteiger partial charge in [-0.15, -0.1) is 5.10 Å². The van der Waals surface area contributed by atoms with Crippen LogP contribution in [-0.4, -0.2) is 38.8 Å². The zero-order chi connectivity index (χ0) is 25.6. The number of ether oxygens (including phenoxy) is 1. The normalized spacial score (nSPS) is 10.7. The number of anilines is 2. The number of hydrogen-bond donors (Lipinski definition) is 3. The molecule has 0 saturated heterocycles. The molecule has 2 heterocycles. The van der Waals surface area contributed by atoms with Crippen molar-refractivity contribution in [3.8, 4) is 17.0 Å². The van der Waals surface area contributed by atoms with Crippen molar-refractivity contribution >= 4 is 34.4 Å². The molecule has 0 aliphatic heterocycles. The number of amides is 2. The van der Waals surface area contributed by atoms with Gasteiger partial charge in [-0.2, -0.15) is 0 Å². The summed E-state index contributed by atoms with van der Waals surface area (Å²) in [7, 11) is 0. The first kappa shape index (κ1) is 23.7. The first-order chi connectivity index (χ1) is 18.0. The summed E-state index contributed by atoms with van der Waals surface area (Å²) >= 11 is 0. The number of pyridine rings is 1. The van der Waals surface area contributed by atoms with Crippen LogP contribution in [0.5, 0.6) is 5.75 Å². The van der Waals surface area contributed by atoms with Gasteiger partial charge < -0.3 is 15.4 Å². The lowest BCUT2D eigenvalue weighted by Crippen LogP contribution is -2.13. The van der Waals surface area contributed by atoms with Crippen molar-refractivity contribution in [2.24, 2.45) is 0 Å². The van der Waals surface area contributed by atoms with E-state index in [0.29, 0.717) is 46.0 Å². The average molecular weight is 493 g/mol. The van der Waals surface area contributed by atoms with Crippen LogP contribution in [0.1, 0.15) is 22.8 Å². The van der Waals surface area contributed by atoms with Gasteiger partial charge in [0.2, 0.25) is 11.6 Å². The minimum Gasteiger partial charge on any atom is -0.493 e. The molecule has 2 amide bonds. The maximum absolute atomic E-state index is 13.1. The summed E-state index contributed by atoms with van der Waals surface area (Å²) in [5.74, 6) is 0.151. The van der Waals surface area contributed by atoms with E-state index < -0.39 is 0 Å². The van der Waals surface area contributed by atoms with Crippen LogP contribution in [0.25, 0.3) is 22.4 Å². The predicted octanol–water partition coefficient (Wildman–Crippen LogP) is 4.85. The number of nitrogens with zero attached hydrogens (tertiary/aromatic N) is 3. The highest BCUT2D eigenvalue weighted by Gasteiger charge is 2.13. The van der Waals surface area contributed by atoms with Crippen molar-refractivity contribution in [2.75, 3.05) is 17.2 Å². The van der Waals surface area contributed by atoms with Gasteiger partial charge in [-0.25, -0.2) is 4.98 Å². The lowest BCUT2D eigenvalue weighted by molar-refractivity contribution is -0.114. The van der Waals surface area contributed by atoms with E-state index in [2.05, 4.69) is 43.2 Å². The largest absolute Gasteiger partial charge is 0.493 e. The number of rotatable bonds is 8. The number of carbonyl (C=O) groups is 2. The highest BCUT2D eigenvalue weighted by Crippen LogP contribution is 2.26. The Morgan fingerprint density at radius 1 is 0.892 bits per heavy atom. The van der Waals surface area contributed by atoms with Gasteiger partial charge in [0.25, 0.3) is 5.91 Å². The summed E-state index contributed by atoms with van der Waals surface area (Å²) in [6, 6.07) is 26.0. The molecule has 2 aromatic heterocycles. The van der Waals surface area contributed by atoms with Crippen LogP contribution in [-0.2, 0) is 11.2 Å². The standard InChI is InChI=1S/C28H24N6O3/c1-18(35)29-23-16-20(25-11-12-26-27(31-25)33-34-32-26)15-21(17-23)28(36)30-22-7-9-24(10-8-22)37-14-13-19-5-3-2-4-6-19/h2-12,15-17H,13-14H2,1H3,(H,29,35)(H,30,36)(H,31,32,33,34). The molecule has 0 aliphatic rings. The Kier molecular flexibility index (Phi) is 6.84. The second-order valence-electron chi connectivity index (χ2n) is 8.42. The molecule has 184 valence electrons. The molecular weight excluding hydrogens is 468 g/mol. The zero-order valence-corrected chi connectivity index (χ0v) is 20.1. The summed E-state index contributed by atoms with van der Waals surface area (Å²) < 4.78 is 5.82. The molecule has 3 aromatic carbocycles. The Morgan fingerprint density at radius 2 is 1.70 bits per heavy atom. The van der Waals surface area contributed by atoms with Crippen molar-refractivity contribution in [2.45, 2.75) is 13.3 Å². The van der Waals surface area contributed by atoms with Crippen LogP contribution in [0, 0.1) is 0 Å². The quantitative estimate of drug-likeness (QED) is 0.285. The van der Waals surface area contributed by atoms with E-state index >= 15 is 0 Å². The van der Waals surface area contributed by atoms with E-state index in [1.165, 1.54) is 12.5 Å². The Bertz CT molecular complexity index is 1550. The predicted molar refractivity (Wildman–Crippen MR) is 141 cm³/mol. The summed E-state index contributed by atoms with van der Waals surface area (Å²) in [4.78, 5) is 29.3. The minimum absolute atomic E-state index is 0.244. The Labute approximate surface area is 212 Å². The zero-order valence-electron chi connectivity index (χ0n) is 20.1. The van der Waals surface area contributed by atoms with E-state index in [9.17, 15) is 9.59 Å². The van der Waals surface area contributed by atoms with Gasteiger partial charge in [-0.1, -0.05) is 35.5 Å². The Morgan fingerprint density at radius 3 is 2.49 bits per heavy atom. The number of fused-ring (bicyclic) bond motifs is 1. The van der Waals surface area contributed by atoms with Gasteiger partial charge in [0.05, 0.1) is 12.3 Å². The van der Waals surface area contributed by atoms with Gasteiger partial charge in [0.1, 0.15) is 11.3 Å². The van der Waals surface area contributed by atoms with E-state index in [1.54, 1.807) is 36.4 Å². The molecule has 5 rings (SSSR count). The summed E-state index contributed by atoms with van der Waals surface area (Å²) in [6.45, 7) is 1.97. The lowest BCUT2D eigenvalue weighted by Gasteiger charge is -2.11. The van der Waals surface area contributed by atoms with Crippen molar-refractivity contribution in [3.05, 3.63) is 96.1 Å². The second kappa shape index (κ2) is 10.7. The van der Waals surface area contributed by atoms with Gasteiger partial charge >= 0.3 is 0 Å². The monoisotopic (exact) mass is 492 g/mol. The number of aromatic nitrogens is 4. The van der Waals surface area contributed by atoms with E-state index in [-0.39, 0.29) is 11.8 Å². The summed E-state index contributed by atoms with van der Waals surface area (Å²) in [6.07, 6.45) is 0.810. The van der Waals surface area contributed by atoms with Gasteiger partial charge in [-0.3, -0.25) is 14.7 Å². The third-order valence-electron chi connectivity index (χ3n) is 5.62. The van der Waals surface area contributed by atoms with Crippen LogP contribution >= 0.6 is 0 Å². The number of hydrogen-bond acceptors (Lipinski definition) is 6. The molecule has 9 nitrogen and oxygen atoms in total. The van der Waals surface area contributed by atoms with Crippen molar-refractivity contribution in [1.29, 1.82) is 0 Å². The number of H-pyrrole nitrogens is 1. The smallest absolute Gasteiger partial charge is 0.255 e. The summed E-state index contributed by atoms with van der Waals surface area (Å²) in [5.41, 5.74) is 5.10. The number of benzene rings is 3. The Hall–Kier alpha value is -5.05. The molecule has 0 atom stereocenters. The van der Waals surface area contributed by atoms with Crippen LogP contribution in [0.2, 0.25) is 0 Å². The molecule has 0 unspecified atom stereocenters. The molecule has 0 fully saturated rings. The first-order valence-corrected chi connectivity index (χ1v) is 11.7. The van der Waals surface area contributed by atoms with Gasteiger partial charge in [0.15, 0.2) is 0 Å². The molecule has 37 heavy (non-hydrogen) atoms. The molecule has 0 radical (unpaired) electrons. The maximum atomic E-state index is 13.1. The molecule has 0 aliphatic carbocycles. The Balaban J connectivity index is 1.30. The van der Waals surface area contributed by atoms with Gasteiger partial charge in [0, 0.05) is 35.8 Å². The number of nitrogens with one attached hydrogen (secondary N) is 3. The summed E-state index contributed by atoms with van der Waals surface area (Å²) in [5, 5.41) is 16.1.